The second-order valence-electron chi connectivity index (χ2n) is 4.27. The standard InChI is InChI=1S/C14H15N3O3S3/c1-20-12(19)11(9-6-4-3-5-7-9)15-10(18)8-22-14-16-13(21-2)17-23-14/h3-7,11H,8H2,1-2H3,(H,15,18)/t11-/m0/s1. The van der Waals surface area contributed by atoms with Gasteiger partial charge in [-0.1, -0.05) is 53.9 Å². The molecular formula is C14H15N3O3S3. The molecule has 1 amide bonds. The van der Waals surface area contributed by atoms with Gasteiger partial charge in [-0.2, -0.15) is 4.37 Å². The monoisotopic (exact) mass is 369 g/mol. The molecule has 1 aromatic carbocycles. The van der Waals surface area contributed by atoms with Crippen LogP contribution in [0.1, 0.15) is 11.6 Å². The molecule has 0 saturated carbocycles. The summed E-state index contributed by atoms with van der Waals surface area (Å²) >= 11 is 3.99. The summed E-state index contributed by atoms with van der Waals surface area (Å²) in [5, 5.41) is 3.38. The van der Waals surface area contributed by atoms with Crippen molar-refractivity contribution in [2.45, 2.75) is 15.5 Å². The van der Waals surface area contributed by atoms with Crippen LogP contribution in [-0.4, -0.2) is 40.4 Å². The van der Waals surface area contributed by atoms with Crippen molar-refractivity contribution in [1.82, 2.24) is 14.7 Å². The summed E-state index contributed by atoms with van der Waals surface area (Å²) in [4.78, 5) is 28.3. The van der Waals surface area contributed by atoms with Crippen molar-refractivity contribution in [3.63, 3.8) is 0 Å². The van der Waals surface area contributed by atoms with Crippen molar-refractivity contribution in [1.29, 1.82) is 0 Å². The predicted octanol–water partition coefficient (Wildman–Crippen LogP) is 2.38. The van der Waals surface area contributed by atoms with Gasteiger partial charge in [0.05, 0.1) is 12.9 Å². The molecule has 0 bridgehead atoms. The van der Waals surface area contributed by atoms with Crippen LogP contribution in [0.3, 0.4) is 0 Å². The molecule has 0 aliphatic rings. The number of nitrogens with zero attached hydrogens (tertiary/aromatic N) is 2. The molecule has 0 spiro atoms. The Morgan fingerprint density at radius 3 is 2.70 bits per heavy atom. The maximum Gasteiger partial charge on any atom is 0.333 e. The number of hydrogen-bond donors (Lipinski definition) is 1. The fourth-order valence-corrected chi connectivity index (χ4v) is 3.73. The highest BCUT2D eigenvalue weighted by molar-refractivity contribution is 8.01. The van der Waals surface area contributed by atoms with Gasteiger partial charge in [0, 0.05) is 0 Å². The smallest absolute Gasteiger partial charge is 0.333 e. The fraction of sp³-hybridized carbons (Fsp3) is 0.286. The van der Waals surface area contributed by atoms with Crippen LogP contribution >= 0.6 is 35.1 Å². The van der Waals surface area contributed by atoms with Crippen molar-refractivity contribution in [3.05, 3.63) is 35.9 Å². The summed E-state index contributed by atoms with van der Waals surface area (Å²) in [5.41, 5.74) is 0.679. The zero-order chi connectivity index (χ0) is 16.7. The molecule has 0 fully saturated rings. The van der Waals surface area contributed by atoms with E-state index in [1.807, 2.05) is 12.3 Å². The van der Waals surface area contributed by atoms with Gasteiger partial charge in [-0.25, -0.2) is 9.78 Å². The van der Waals surface area contributed by atoms with E-state index in [1.54, 1.807) is 24.3 Å². The molecule has 2 aromatic rings. The topological polar surface area (TPSA) is 81.2 Å². The van der Waals surface area contributed by atoms with E-state index in [0.717, 1.165) is 4.34 Å². The maximum absolute atomic E-state index is 12.1. The van der Waals surface area contributed by atoms with Gasteiger partial charge in [-0.15, -0.1) is 0 Å². The van der Waals surface area contributed by atoms with Gasteiger partial charge in [-0.05, 0) is 23.4 Å². The minimum atomic E-state index is -0.814. The SMILES string of the molecule is COC(=O)[C@@H](NC(=O)CSc1nc(SC)ns1)c1ccccc1. The summed E-state index contributed by atoms with van der Waals surface area (Å²) < 4.78 is 9.62. The highest BCUT2D eigenvalue weighted by Gasteiger charge is 2.23. The molecule has 0 saturated heterocycles. The number of nitrogens with one attached hydrogen (secondary N) is 1. The summed E-state index contributed by atoms with van der Waals surface area (Å²) in [5.74, 6) is -0.617. The number of methoxy groups -OCH3 is 1. The average Bonchev–Trinajstić information content (AvgIpc) is 3.06. The van der Waals surface area contributed by atoms with Gasteiger partial charge in [0.2, 0.25) is 11.1 Å². The lowest BCUT2D eigenvalue weighted by Gasteiger charge is -2.16. The highest BCUT2D eigenvalue weighted by atomic mass is 32.2. The third kappa shape index (κ3) is 5.22. The van der Waals surface area contributed by atoms with Gasteiger partial charge in [0.25, 0.3) is 0 Å². The number of hydrogen-bond acceptors (Lipinski definition) is 8. The molecule has 122 valence electrons. The Morgan fingerprint density at radius 2 is 2.09 bits per heavy atom. The van der Waals surface area contributed by atoms with E-state index in [-0.39, 0.29) is 11.7 Å². The number of carbonyl (C=O) groups is 2. The van der Waals surface area contributed by atoms with Gasteiger partial charge < -0.3 is 10.1 Å². The number of thioether (sulfide) groups is 2. The van der Waals surface area contributed by atoms with E-state index in [4.69, 9.17) is 4.74 Å². The molecule has 0 aliphatic heterocycles. The number of amides is 1. The lowest BCUT2D eigenvalue weighted by atomic mass is 10.1. The van der Waals surface area contributed by atoms with Crippen molar-refractivity contribution < 1.29 is 14.3 Å². The van der Waals surface area contributed by atoms with Crippen molar-refractivity contribution in [2.75, 3.05) is 19.1 Å². The molecule has 0 radical (unpaired) electrons. The maximum atomic E-state index is 12.1. The van der Waals surface area contributed by atoms with E-state index in [0.29, 0.717) is 10.7 Å². The van der Waals surface area contributed by atoms with Crippen LogP contribution in [0, 0.1) is 0 Å². The predicted molar refractivity (Wildman–Crippen MR) is 91.8 cm³/mol. The third-order valence-electron chi connectivity index (χ3n) is 2.77. The van der Waals surface area contributed by atoms with Gasteiger partial charge in [0.15, 0.2) is 10.4 Å². The fourth-order valence-electron chi connectivity index (χ4n) is 1.71. The first-order valence-electron chi connectivity index (χ1n) is 6.56. The first-order valence-corrected chi connectivity index (χ1v) is 9.55. The molecule has 2 rings (SSSR count). The van der Waals surface area contributed by atoms with Crippen LogP contribution in [0.5, 0.6) is 0 Å². The largest absolute Gasteiger partial charge is 0.467 e. The second kappa shape index (κ2) is 8.90. The number of rotatable bonds is 7. The molecule has 9 heteroatoms. The molecule has 0 unspecified atom stereocenters. The van der Waals surface area contributed by atoms with Crippen molar-refractivity contribution in [3.8, 4) is 0 Å². The Bertz CT molecular complexity index is 664. The zero-order valence-electron chi connectivity index (χ0n) is 12.5. The van der Waals surface area contributed by atoms with Crippen molar-refractivity contribution >= 4 is 46.9 Å². The molecule has 1 heterocycles. The normalized spacial score (nSPS) is 11.7. The highest BCUT2D eigenvalue weighted by Crippen LogP contribution is 2.23. The molecular weight excluding hydrogens is 354 g/mol. The summed E-state index contributed by atoms with van der Waals surface area (Å²) in [6.45, 7) is 0. The Labute approximate surface area is 146 Å². The van der Waals surface area contributed by atoms with Crippen LogP contribution in [0.15, 0.2) is 39.8 Å². The van der Waals surface area contributed by atoms with Crippen LogP contribution in [0.25, 0.3) is 0 Å². The van der Waals surface area contributed by atoms with Gasteiger partial charge in [-0.3, -0.25) is 4.79 Å². The average molecular weight is 369 g/mol. The first kappa shape index (κ1) is 17.8. The van der Waals surface area contributed by atoms with Gasteiger partial charge >= 0.3 is 5.97 Å². The number of ether oxygens (including phenoxy) is 1. The molecule has 1 atom stereocenters. The van der Waals surface area contributed by atoms with E-state index < -0.39 is 12.0 Å². The molecule has 1 N–H and O–H groups in total. The lowest BCUT2D eigenvalue weighted by Crippen LogP contribution is -2.35. The molecule has 6 nitrogen and oxygen atoms in total. The Balaban J connectivity index is 1.96. The van der Waals surface area contributed by atoms with Crippen molar-refractivity contribution in [2.24, 2.45) is 0 Å². The van der Waals surface area contributed by atoms with E-state index in [2.05, 4.69) is 14.7 Å². The first-order chi connectivity index (χ1) is 11.1. The number of carbonyl (C=O) groups excluding carboxylic acids is 2. The van der Waals surface area contributed by atoms with Gasteiger partial charge in [0.1, 0.15) is 0 Å². The number of esters is 1. The van der Waals surface area contributed by atoms with Crippen LogP contribution in [0.4, 0.5) is 0 Å². The zero-order valence-corrected chi connectivity index (χ0v) is 15.0. The van der Waals surface area contributed by atoms with Crippen LogP contribution < -0.4 is 5.32 Å². The lowest BCUT2D eigenvalue weighted by molar-refractivity contribution is -0.145. The summed E-state index contributed by atoms with van der Waals surface area (Å²) in [6.07, 6.45) is 1.89. The minimum Gasteiger partial charge on any atom is -0.467 e. The summed E-state index contributed by atoms with van der Waals surface area (Å²) in [7, 11) is 1.30. The van der Waals surface area contributed by atoms with Crippen LogP contribution in [0.2, 0.25) is 0 Å². The van der Waals surface area contributed by atoms with Crippen LogP contribution in [-0.2, 0) is 14.3 Å². The Hall–Kier alpha value is -1.58. The Kier molecular flexibility index (Phi) is 6.87. The summed E-state index contributed by atoms with van der Waals surface area (Å²) in [6, 6.07) is 8.17. The third-order valence-corrected chi connectivity index (χ3v) is 5.27. The number of aromatic nitrogens is 2. The molecule has 0 aliphatic carbocycles. The molecule has 23 heavy (non-hydrogen) atoms. The van der Waals surface area contributed by atoms with E-state index in [9.17, 15) is 9.59 Å². The molecule has 1 aromatic heterocycles. The van der Waals surface area contributed by atoms with E-state index >= 15 is 0 Å². The quantitative estimate of drug-likeness (QED) is 0.593. The minimum absolute atomic E-state index is 0.156. The second-order valence-corrected chi connectivity index (χ2v) is 7.02. The van der Waals surface area contributed by atoms with E-state index in [1.165, 1.54) is 42.2 Å². The Morgan fingerprint density at radius 1 is 1.35 bits per heavy atom. The number of benzene rings is 1.